The lowest BCUT2D eigenvalue weighted by Crippen LogP contribution is -2.45. The second-order valence-corrected chi connectivity index (χ2v) is 6.81. The van der Waals surface area contributed by atoms with Crippen LogP contribution in [-0.2, 0) is 13.0 Å². The van der Waals surface area contributed by atoms with E-state index in [0.29, 0.717) is 12.0 Å². The van der Waals surface area contributed by atoms with Crippen molar-refractivity contribution in [2.45, 2.75) is 44.2 Å². The molecular weight excluding hydrogens is 286 g/mol. The molecule has 0 saturated carbocycles. The van der Waals surface area contributed by atoms with E-state index >= 15 is 0 Å². The third-order valence-electron chi connectivity index (χ3n) is 5.51. The van der Waals surface area contributed by atoms with Crippen LogP contribution in [0.2, 0.25) is 0 Å². The van der Waals surface area contributed by atoms with Gasteiger partial charge in [0.2, 0.25) is 0 Å². The Balaban J connectivity index is 1.62. The van der Waals surface area contributed by atoms with E-state index in [4.69, 9.17) is 0 Å². The highest BCUT2D eigenvalue weighted by atomic mass is 16.3. The van der Waals surface area contributed by atoms with Gasteiger partial charge in [0.1, 0.15) is 0 Å². The van der Waals surface area contributed by atoms with Gasteiger partial charge in [0.05, 0.1) is 0 Å². The Labute approximate surface area is 137 Å². The molecule has 2 aromatic rings. The number of hydrogen-bond donors (Lipinski definition) is 2. The molecule has 0 radical (unpaired) electrons. The predicted octanol–water partition coefficient (Wildman–Crippen LogP) is 3.79. The van der Waals surface area contributed by atoms with E-state index in [1.165, 1.54) is 24.0 Å². The van der Waals surface area contributed by atoms with Crippen LogP contribution in [-0.4, -0.2) is 27.7 Å². The van der Waals surface area contributed by atoms with E-state index < -0.39 is 0 Å². The van der Waals surface area contributed by atoms with Gasteiger partial charge in [0.25, 0.3) is 0 Å². The minimum Gasteiger partial charge on any atom is -0.504 e. The molecule has 3 heteroatoms. The molecule has 1 saturated heterocycles. The molecule has 0 aromatic heterocycles. The summed E-state index contributed by atoms with van der Waals surface area (Å²) in [6.45, 7) is 2.15. The fourth-order valence-electron chi connectivity index (χ4n) is 4.43. The van der Waals surface area contributed by atoms with Crippen molar-refractivity contribution in [3.05, 3.63) is 59.2 Å². The van der Waals surface area contributed by atoms with Crippen LogP contribution in [0.5, 0.6) is 11.5 Å². The van der Waals surface area contributed by atoms with E-state index in [1.54, 1.807) is 6.07 Å². The fraction of sp³-hybridized carbons (Fsp3) is 0.400. The van der Waals surface area contributed by atoms with Crippen LogP contribution in [0.15, 0.2) is 42.5 Å². The smallest absolute Gasteiger partial charge is 0.160 e. The third-order valence-corrected chi connectivity index (χ3v) is 5.51. The largest absolute Gasteiger partial charge is 0.504 e. The molecule has 0 spiro atoms. The summed E-state index contributed by atoms with van der Waals surface area (Å²) in [7, 11) is 0. The van der Waals surface area contributed by atoms with Gasteiger partial charge in [-0.3, -0.25) is 4.90 Å². The summed E-state index contributed by atoms with van der Waals surface area (Å²) in [5.74, 6) is 0.586. The number of aromatic hydroxyl groups is 2. The number of phenols is 2. The van der Waals surface area contributed by atoms with Crippen molar-refractivity contribution in [2.24, 2.45) is 0 Å². The summed E-state index contributed by atoms with van der Waals surface area (Å²) in [6.07, 6.45) is 4.27. The number of fused-ring (bicyclic) bond motifs is 3. The van der Waals surface area contributed by atoms with Crippen molar-refractivity contribution in [2.75, 3.05) is 6.54 Å². The summed E-state index contributed by atoms with van der Waals surface area (Å²) in [6, 6.07) is 14.9. The molecule has 2 aliphatic rings. The SMILES string of the molecule is Oc1ccc2c(c1O)CCC1[C@@H]2CCCN1Cc1ccccc1. The molecule has 23 heavy (non-hydrogen) atoms. The number of likely N-dealkylation sites (tertiary alicyclic amines) is 1. The first-order chi connectivity index (χ1) is 11.2. The normalized spacial score (nSPS) is 24.0. The van der Waals surface area contributed by atoms with Crippen LogP contribution in [0.25, 0.3) is 0 Å². The van der Waals surface area contributed by atoms with E-state index in [9.17, 15) is 10.2 Å². The van der Waals surface area contributed by atoms with E-state index in [0.717, 1.165) is 31.5 Å². The average Bonchev–Trinajstić information content (AvgIpc) is 2.59. The lowest BCUT2D eigenvalue weighted by molar-refractivity contribution is 0.104. The van der Waals surface area contributed by atoms with Gasteiger partial charge in [0, 0.05) is 18.2 Å². The second-order valence-electron chi connectivity index (χ2n) is 6.81. The van der Waals surface area contributed by atoms with Crippen LogP contribution in [0.3, 0.4) is 0 Å². The zero-order valence-electron chi connectivity index (χ0n) is 13.3. The van der Waals surface area contributed by atoms with Crippen LogP contribution >= 0.6 is 0 Å². The quantitative estimate of drug-likeness (QED) is 0.830. The van der Waals surface area contributed by atoms with Crippen molar-refractivity contribution < 1.29 is 10.2 Å². The van der Waals surface area contributed by atoms with Gasteiger partial charge in [-0.2, -0.15) is 0 Å². The summed E-state index contributed by atoms with van der Waals surface area (Å²) in [4.78, 5) is 2.61. The van der Waals surface area contributed by atoms with E-state index in [2.05, 4.69) is 35.2 Å². The highest BCUT2D eigenvalue weighted by Crippen LogP contribution is 2.45. The number of nitrogens with zero attached hydrogens (tertiary/aromatic N) is 1. The maximum absolute atomic E-state index is 10.2. The van der Waals surface area contributed by atoms with Gasteiger partial charge < -0.3 is 10.2 Å². The molecular formula is C20H23NO2. The van der Waals surface area contributed by atoms with Crippen LogP contribution in [0.4, 0.5) is 0 Å². The molecule has 2 aromatic carbocycles. The van der Waals surface area contributed by atoms with Crippen molar-refractivity contribution in [1.82, 2.24) is 4.90 Å². The minimum atomic E-state index is 0.0131. The molecule has 3 nitrogen and oxygen atoms in total. The van der Waals surface area contributed by atoms with Crippen LogP contribution in [0.1, 0.15) is 41.9 Å². The van der Waals surface area contributed by atoms with Gasteiger partial charge in [-0.25, -0.2) is 0 Å². The van der Waals surface area contributed by atoms with Gasteiger partial charge in [0.15, 0.2) is 11.5 Å². The summed E-state index contributed by atoms with van der Waals surface area (Å²) in [5.41, 5.74) is 3.58. The van der Waals surface area contributed by atoms with Crippen LogP contribution in [0, 0.1) is 0 Å². The Kier molecular flexibility index (Phi) is 3.74. The second kappa shape index (κ2) is 5.89. The van der Waals surface area contributed by atoms with Crippen molar-refractivity contribution in [3.63, 3.8) is 0 Å². The Morgan fingerprint density at radius 3 is 2.65 bits per heavy atom. The minimum absolute atomic E-state index is 0.0131. The van der Waals surface area contributed by atoms with Gasteiger partial charge in [-0.15, -0.1) is 0 Å². The third kappa shape index (κ3) is 2.59. The average molecular weight is 309 g/mol. The monoisotopic (exact) mass is 309 g/mol. The standard InChI is InChI=1S/C20H23NO2/c22-19-11-9-15-16-7-4-12-21(13-14-5-2-1-3-6-14)18(16)10-8-17(15)20(19)23/h1-3,5-6,9,11,16,18,22-23H,4,7-8,10,12-13H2/t16-,18?/m1/s1. The number of piperidine rings is 1. The van der Waals surface area contributed by atoms with E-state index in [1.807, 2.05) is 6.07 Å². The first-order valence-electron chi connectivity index (χ1n) is 8.55. The molecule has 4 rings (SSSR count). The van der Waals surface area contributed by atoms with Gasteiger partial charge in [-0.05, 0) is 55.3 Å². The first kappa shape index (κ1) is 14.6. The molecule has 1 unspecified atom stereocenters. The Hall–Kier alpha value is -2.00. The molecule has 1 heterocycles. The van der Waals surface area contributed by atoms with E-state index in [-0.39, 0.29) is 11.5 Å². The first-order valence-corrected chi connectivity index (χ1v) is 8.55. The summed E-state index contributed by atoms with van der Waals surface area (Å²) >= 11 is 0. The predicted molar refractivity (Wildman–Crippen MR) is 90.7 cm³/mol. The highest BCUT2D eigenvalue weighted by molar-refractivity contribution is 5.51. The van der Waals surface area contributed by atoms with Gasteiger partial charge >= 0.3 is 0 Å². The van der Waals surface area contributed by atoms with Crippen molar-refractivity contribution in [1.29, 1.82) is 0 Å². The lowest BCUT2D eigenvalue weighted by Gasteiger charge is -2.45. The molecule has 1 fully saturated rings. The Bertz CT molecular complexity index is 698. The fourth-order valence-corrected chi connectivity index (χ4v) is 4.43. The topological polar surface area (TPSA) is 43.7 Å². The Morgan fingerprint density at radius 1 is 1.00 bits per heavy atom. The summed E-state index contributed by atoms with van der Waals surface area (Å²) in [5, 5.41) is 19.9. The molecule has 0 amide bonds. The van der Waals surface area contributed by atoms with Crippen LogP contribution < -0.4 is 0 Å². The van der Waals surface area contributed by atoms with Crippen molar-refractivity contribution >= 4 is 0 Å². The Morgan fingerprint density at radius 2 is 1.83 bits per heavy atom. The number of phenolic OH excluding ortho intramolecular Hbond substituents is 2. The van der Waals surface area contributed by atoms with Crippen molar-refractivity contribution in [3.8, 4) is 11.5 Å². The molecule has 0 bridgehead atoms. The number of hydrogen-bond acceptors (Lipinski definition) is 3. The zero-order valence-corrected chi connectivity index (χ0v) is 13.3. The number of rotatable bonds is 2. The lowest BCUT2D eigenvalue weighted by atomic mass is 9.74. The molecule has 2 atom stereocenters. The molecule has 1 aliphatic heterocycles. The number of benzene rings is 2. The molecule has 2 N–H and O–H groups in total. The molecule has 1 aliphatic carbocycles. The highest BCUT2D eigenvalue weighted by Gasteiger charge is 2.37. The zero-order chi connectivity index (χ0) is 15.8. The summed E-state index contributed by atoms with van der Waals surface area (Å²) < 4.78 is 0. The maximum atomic E-state index is 10.2. The van der Waals surface area contributed by atoms with Gasteiger partial charge in [-0.1, -0.05) is 36.4 Å². The molecule has 120 valence electrons. The maximum Gasteiger partial charge on any atom is 0.160 e.